The Morgan fingerprint density at radius 1 is 1.21 bits per heavy atom. The molecule has 2 aliphatic heterocycles. The summed E-state index contributed by atoms with van der Waals surface area (Å²) >= 11 is 0. The molecule has 2 aliphatic rings. The Labute approximate surface area is 162 Å². The van der Waals surface area contributed by atoms with Crippen molar-refractivity contribution in [2.45, 2.75) is 19.8 Å². The fraction of sp³-hybridized carbons (Fsp3) is 0.611. The SMILES string of the molecule is CCNC(=NCCCN1CCOCC1)N1CCc2ccccc21.I. The van der Waals surface area contributed by atoms with Crippen LogP contribution in [0.3, 0.4) is 0 Å². The lowest BCUT2D eigenvalue weighted by Gasteiger charge is -2.26. The van der Waals surface area contributed by atoms with E-state index in [2.05, 4.69) is 46.3 Å². The van der Waals surface area contributed by atoms with Crippen molar-refractivity contribution in [3.63, 3.8) is 0 Å². The minimum absolute atomic E-state index is 0. The largest absolute Gasteiger partial charge is 0.379 e. The fourth-order valence-corrected chi connectivity index (χ4v) is 3.26. The van der Waals surface area contributed by atoms with Gasteiger partial charge >= 0.3 is 0 Å². The number of rotatable bonds is 5. The van der Waals surface area contributed by atoms with Gasteiger partial charge in [-0.05, 0) is 31.4 Å². The van der Waals surface area contributed by atoms with Crippen LogP contribution in [0.4, 0.5) is 5.69 Å². The number of morpholine rings is 1. The molecular weight excluding hydrogens is 415 g/mol. The molecule has 1 aromatic rings. The number of fused-ring (bicyclic) bond motifs is 1. The quantitative estimate of drug-likeness (QED) is 0.328. The van der Waals surface area contributed by atoms with Gasteiger partial charge in [0.05, 0.1) is 13.2 Å². The maximum Gasteiger partial charge on any atom is 0.198 e. The first kappa shape index (κ1) is 19.5. The molecular formula is C18H29IN4O. The Balaban J connectivity index is 0.00000208. The summed E-state index contributed by atoms with van der Waals surface area (Å²) in [5, 5.41) is 3.45. The van der Waals surface area contributed by atoms with Crippen molar-refractivity contribution < 1.29 is 4.74 Å². The van der Waals surface area contributed by atoms with Crippen LogP contribution in [0.5, 0.6) is 0 Å². The number of hydrogen-bond acceptors (Lipinski definition) is 3. The summed E-state index contributed by atoms with van der Waals surface area (Å²) in [4.78, 5) is 9.65. The number of ether oxygens (including phenoxy) is 1. The van der Waals surface area contributed by atoms with Gasteiger partial charge < -0.3 is 15.0 Å². The first-order valence-electron chi connectivity index (χ1n) is 8.82. The standard InChI is InChI=1S/C18H28N4O.HI/c1-2-19-18(20-9-5-10-21-12-14-23-15-13-21)22-11-8-16-6-3-4-7-17(16)22;/h3-4,6-7H,2,5,8-15H2,1H3,(H,19,20);1H. The summed E-state index contributed by atoms with van der Waals surface area (Å²) in [7, 11) is 0. The molecule has 24 heavy (non-hydrogen) atoms. The minimum Gasteiger partial charge on any atom is -0.379 e. The Morgan fingerprint density at radius 3 is 2.79 bits per heavy atom. The third kappa shape index (κ3) is 5.07. The van der Waals surface area contributed by atoms with Gasteiger partial charge in [-0.3, -0.25) is 9.89 Å². The van der Waals surface area contributed by atoms with Crippen molar-refractivity contribution in [3.8, 4) is 0 Å². The van der Waals surface area contributed by atoms with Crippen molar-refractivity contribution in [2.24, 2.45) is 4.99 Å². The molecule has 0 amide bonds. The second-order valence-corrected chi connectivity index (χ2v) is 6.07. The van der Waals surface area contributed by atoms with Gasteiger partial charge in [0, 0.05) is 45.0 Å². The second kappa shape index (κ2) is 10.2. The highest BCUT2D eigenvalue weighted by atomic mass is 127. The van der Waals surface area contributed by atoms with Gasteiger partial charge in [-0.1, -0.05) is 18.2 Å². The van der Waals surface area contributed by atoms with Gasteiger partial charge in [-0.2, -0.15) is 0 Å². The normalized spacial score (nSPS) is 18.2. The topological polar surface area (TPSA) is 40.1 Å². The molecule has 0 atom stereocenters. The molecule has 0 aliphatic carbocycles. The summed E-state index contributed by atoms with van der Waals surface area (Å²) in [6.45, 7) is 9.90. The minimum atomic E-state index is 0. The Morgan fingerprint density at radius 2 is 2.00 bits per heavy atom. The Kier molecular flexibility index (Phi) is 8.28. The van der Waals surface area contributed by atoms with E-state index in [1.165, 1.54) is 11.3 Å². The van der Waals surface area contributed by atoms with Crippen molar-refractivity contribution in [2.75, 3.05) is 57.4 Å². The monoisotopic (exact) mass is 444 g/mol. The lowest BCUT2D eigenvalue weighted by Crippen LogP contribution is -2.41. The van der Waals surface area contributed by atoms with Crippen LogP contribution >= 0.6 is 24.0 Å². The molecule has 0 saturated carbocycles. The van der Waals surface area contributed by atoms with Crippen LogP contribution in [-0.2, 0) is 11.2 Å². The van der Waals surface area contributed by atoms with Crippen LogP contribution < -0.4 is 10.2 Å². The zero-order valence-electron chi connectivity index (χ0n) is 14.5. The lowest BCUT2D eigenvalue weighted by molar-refractivity contribution is 0.0377. The van der Waals surface area contributed by atoms with Crippen molar-refractivity contribution in [1.29, 1.82) is 0 Å². The molecule has 1 N–H and O–H groups in total. The molecule has 5 nitrogen and oxygen atoms in total. The predicted molar refractivity (Wildman–Crippen MR) is 111 cm³/mol. The predicted octanol–water partition coefficient (Wildman–Crippen LogP) is 2.35. The van der Waals surface area contributed by atoms with E-state index < -0.39 is 0 Å². The van der Waals surface area contributed by atoms with E-state index in [0.29, 0.717) is 0 Å². The highest BCUT2D eigenvalue weighted by Crippen LogP contribution is 2.27. The summed E-state index contributed by atoms with van der Waals surface area (Å²) in [5.74, 6) is 1.03. The van der Waals surface area contributed by atoms with Crippen LogP contribution in [-0.4, -0.2) is 63.3 Å². The molecule has 134 valence electrons. The molecule has 0 spiro atoms. The number of anilines is 1. The maximum absolute atomic E-state index is 5.39. The molecule has 1 aromatic carbocycles. The Hall–Kier alpha value is -0.860. The van der Waals surface area contributed by atoms with Gasteiger partial charge in [0.1, 0.15) is 0 Å². The number of hydrogen-bond donors (Lipinski definition) is 1. The third-order valence-corrected chi connectivity index (χ3v) is 4.48. The molecule has 3 rings (SSSR count). The van der Waals surface area contributed by atoms with Crippen molar-refractivity contribution in [1.82, 2.24) is 10.2 Å². The number of nitrogens with one attached hydrogen (secondary N) is 1. The molecule has 0 unspecified atom stereocenters. The second-order valence-electron chi connectivity index (χ2n) is 6.07. The van der Waals surface area contributed by atoms with Gasteiger partial charge in [-0.25, -0.2) is 0 Å². The van der Waals surface area contributed by atoms with E-state index in [1.54, 1.807) is 0 Å². The van der Waals surface area contributed by atoms with Gasteiger partial charge in [0.2, 0.25) is 0 Å². The van der Waals surface area contributed by atoms with Crippen molar-refractivity contribution >= 4 is 35.6 Å². The average Bonchev–Trinajstić information content (AvgIpc) is 3.03. The average molecular weight is 444 g/mol. The van der Waals surface area contributed by atoms with Crippen LogP contribution in [0.1, 0.15) is 18.9 Å². The molecule has 6 heteroatoms. The van der Waals surface area contributed by atoms with Crippen molar-refractivity contribution in [3.05, 3.63) is 29.8 Å². The number of aliphatic imine (C=N–C) groups is 1. The van der Waals surface area contributed by atoms with E-state index in [0.717, 1.165) is 71.3 Å². The maximum atomic E-state index is 5.39. The smallest absolute Gasteiger partial charge is 0.198 e. The van der Waals surface area contributed by atoms with E-state index in [9.17, 15) is 0 Å². The number of benzene rings is 1. The highest BCUT2D eigenvalue weighted by molar-refractivity contribution is 14.0. The molecule has 1 fully saturated rings. The van der Waals surface area contributed by atoms with Gasteiger partial charge in [0.15, 0.2) is 5.96 Å². The van der Waals surface area contributed by atoms with Gasteiger partial charge in [0.25, 0.3) is 0 Å². The summed E-state index contributed by atoms with van der Waals surface area (Å²) < 4.78 is 5.39. The molecule has 2 heterocycles. The summed E-state index contributed by atoms with van der Waals surface area (Å²) in [6.07, 6.45) is 2.21. The third-order valence-electron chi connectivity index (χ3n) is 4.48. The lowest BCUT2D eigenvalue weighted by atomic mass is 10.2. The van der Waals surface area contributed by atoms with E-state index in [1.807, 2.05) is 0 Å². The van der Waals surface area contributed by atoms with Crippen LogP contribution in [0, 0.1) is 0 Å². The van der Waals surface area contributed by atoms with Crippen LogP contribution in [0.25, 0.3) is 0 Å². The first-order valence-corrected chi connectivity index (χ1v) is 8.82. The number of halogens is 1. The Bertz CT molecular complexity index is 532. The number of para-hydroxylation sites is 1. The summed E-state index contributed by atoms with van der Waals surface area (Å²) in [6, 6.07) is 8.65. The summed E-state index contributed by atoms with van der Waals surface area (Å²) in [5.41, 5.74) is 2.73. The van der Waals surface area contributed by atoms with Crippen LogP contribution in [0.15, 0.2) is 29.3 Å². The van der Waals surface area contributed by atoms with E-state index in [-0.39, 0.29) is 24.0 Å². The van der Waals surface area contributed by atoms with Gasteiger partial charge in [-0.15, -0.1) is 24.0 Å². The molecule has 1 saturated heterocycles. The molecule has 0 aromatic heterocycles. The molecule has 0 radical (unpaired) electrons. The first-order chi connectivity index (χ1) is 11.4. The fourth-order valence-electron chi connectivity index (χ4n) is 3.26. The zero-order valence-corrected chi connectivity index (χ0v) is 16.9. The molecule has 0 bridgehead atoms. The van der Waals surface area contributed by atoms with E-state index in [4.69, 9.17) is 9.73 Å². The van der Waals surface area contributed by atoms with Crippen LogP contribution in [0.2, 0.25) is 0 Å². The zero-order chi connectivity index (χ0) is 15.9. The number of guanidine groups is 1. The highest BCUT2D eigenvalue weighted by Gasteiger charge is 2.22. The van der Waals surface area contributed by atoms with E-state index >= 15 is 0 Å². The number of nitrogens with zero attached hydrogens (tertiary/aromatic N) is 3.